The number of rotatable bonds is 2. The Morgan fingerprint density at radius 2 is 2.17 bits per heavy atom. The lowest BCUT2D eigenvalue weighted by Gasteiger charge is -2.07. The van der Waals surface area contributed by atoms with Crippen molar-refractivity contribution in [3.8, 4) is 0 Å². The Labute approximate surface area is 109 Å². The average molecular weight is 263 g/mol. The molecule has 0 spiro atoms. The molecule has 3 N–H and O–H groups in total. The van der Waals surface area contributed by atoms with E-state index in [2.05, 4.69) is 15.3 Å². The summed E-state index contributed by atoms with van der Waals surface area (Å²) in [5, 5.41) is 2.69. The maximum Gasteiger partial charge on any atom is 0.258 e. The minimum atomic E-state index is -0.328. The van der Waals surface area contributed by atoms with Gasteiger partial charge in [-0.2, -0.15) is 0 Å². The van der Waals surface area contributed by atoms with Gasteiger partial charge in [0.2, 0.25) is 5.28 Å². The summed E-state index contributed by atoms with van der Waals surface area (Å²) in [4.78, 5) is 19.6. The molecule has 1 heterocycles. The van der Waals surface area contributed by atoms with Gasteiger partial charge in [0.15, 0.2) is 0 Å². The van der Waals surface area contributed by atoms with E-state index in [0.717, 1.165) is 5.56 Å². The number of hydrogen-bond donors (Lipinski definition) is 2. The van der Waals surface area contributed by atoms with Gasteiger partial charge in [-0.1, -0.05) is 11.6 Å². The van der Waals surface area contributed by atoms with Crippen LogP contribution in [-0.4, -0.2) is 15.9 Å². The lowest BCUT2D eigenvalue weighted by Crippen LogP contribution is -2.15. The second-order valence-electron chi connectivity index (χ2n) is 3.76. The van der Waals surface area contributed by atoms with Crippen molar-refractivity contribution in [1.82, 2.24) is 9.97 Å². The van der Waals surface area contributed by atoms with E-state index in [9.17, 15) is 4.79 Å². The summed E-state index contributed by atoms with van der Waals surface area (Å²) in [6, 6.07) is 6.80. The number of anilines is 2. The van der Waals surface area contributed by atoms with Gasteiger partial charge in [0, 0.05) is 11.9 Å². The summed E-state index contributed by atoms with van der Waals surface area (Å²) in [6.45, 7) is 1.89. The third-order valence-corrected chi connectivity index (χ3v) is 2.50. The Kier molecular flexibility index (Phi) is 3.43. The molecule has 0 aliphatic carbocycles. The molecular formula is C12H11ClN4O. The molecule has 0 bridgehead atoms. The molecule has 1 amide bonds. The molecule has 2 aromatic rings. The molecule has 1 aromatic carbocycles. The standard InChI is InChI=1S/C12H11ClN4O/c1-7-2-3-9(14)8(6-7)11(18)16-10-4-5-15-12(13)17-10/h2-6H,14H2,1H3,(H,15,16,17,18). The first kappa shape index (κ1) is 12.3. The van der Waals surface area contributed by atoms with Gasteiger partial charge in [0.25, 0.3) is 5.91 Å². The van der Waals surface area contributed by atoms with Crippen molar-refractivity contribution in [2.45, 2.75) is 6.92 Å². The van der Waals surface area contributed by atoms with Crippen LogP contribution in [0.15, 0.2) is 30.5 Å². The minimum Gasteiger partial charge on any atom is -0.398 e. The Morgan fingerprint density at radius 1 is 1.39 bits per heavy atom. The maximum absolute atomic E-state index is 12.0. The number of amides is 1. The summed E-state index contributed by atoms with van der Waals surface area (Å²) < 4.78 is 0. The molecule has 0 saturated heterocycles. The second-order valence-corrected chi connectivity index (χ2v) is 4.09. The number of nitrogens with one attached hydrogen (secondary N) is 1. The summed E-state index contributed by atoms with van der Waals surface area (Å²) >= 11 is 5.63. The highest BCUT2D eigenvalue weighted by Crippen LogP contribution is 2.15. The van der Waals surface area contributed by atoms with Crippen molar-refractivity contribution in [2.75, 3.05) is 11.1 Å². The van der Waals surface area contributed by atoms with Gasteiger partial charge in [-0.15, -0.1) is 0 Å². The largest absolute Gasteiger partial charge is 0.398 e. The van der Waals surface area contributed by atoms with E-state index in [1.807, 2.05) is 13.0 Å². The van der Waals surface area contributed by atoms with Gasteiger partial charge in [0.1, 0.15) is 5.82 Å². The molecule has 0 radical (unpaired) electrons. The lowest BCUT2D eigenvalue weighted by molar-refractivity contribution is 0.102. The maximum atomic E-state index is 12.0. The number of hydrogen-bond acceptors (Lipinski definition) is 4. The van der Waals surface area contributed by atoms with Crippen LogP contribution in [0.5, 0.6) is 0 Å². The quantitative estimate of drug-likeness (QED) is 0.643. The molecule has 2 rings (SSSR count). The first-order valence-corrected chi connectivity index (χ1v) is 5.60. The van der Waals surface area contributed by atoms with E-state index in [1.165, 1.54) is 6.20 Å². The van der Waals surface area contributed by atoms with Crippen LogP contribution in [0, 0.1) is 6.92 Å². The molecule has 0 fully saturated rings. The number of nitrogens with zero attached hydrogens (tertiary/aromatic N) is 2. The zero-order chi connectivity index (χ0) is 13.1. The van der Waals surface area contributed by atoms with Gasteiger partial charge in [-0.25, -0.2) is 9.97 Å². The molecule has 18 heavy (non-hydrogen) atoms. The molecular weight excluding hydrogens is 252 g/mol. The number of aromatic nitrogens is 2. The van der Waals surface area contributed by atoms with E-state index in [0.29, 0.717) is 17.1 Å². The Morgan fingerprint density at radius 3 is 2.89 bits per heavy atom. The second kappa shape index (κ2) is 5.01. The molecule has 0 saturated carbocycles. The third kappa shape index (κ3) is 2.75. The Hall–Kier alpha value is -2.14. The monoisotopic (exact) mass is 262 g/mol. The third-order valence-electron chi connectivity index (χ3n) is 2.32. The van der Waals surface area contributed by atoms with Crippen molar-refractivity contribution in [1.29, 1.82) is 0 Å². The normalized spacial score (nSPS) is 10.1. The Bertz CT molecular complexity index is 600. The van der Waals surface area contributed by atoms with E-state index in [-0.39, 0.29) is 11.2 Å². The SMILES string of the molecule is Cc1ccc(N)c(C(=O)Nc2ccnc(Cl)n2)c1. The summed E-state index contributed by atoms with van der Waals surface area (Å²) in [6.07, 6.45) is 1.46. The van der Waals surface area contributed by atoms with Gasteiger partial charge >= 0.3 is 0 Å². The van der Waals surface area contributed by atoms with Crippen LogP contribution in [0.2, 0.25) is 5.28 Å². The zero-order valence-electron chi connectivity index (χ0n) is 9.64. The van der Waals surface area contributed by atoms with Crippen molar-refractivity contribution in [3.05, 3.63) is 46.9 Å². The highest BCUT2D eigenvalue weighted by atomic mass is 35.5. The van der Waals surface area contributed by atoms with Crippen molar-refractivity contribution < 1.29 is 4.79 Å². The number of carbonyl (C=O) groups excluding carboxylic acids is 1. The predicted molar refractivity (Wildman–Crippen MR) is 70.6 cm³/mol. The predicted octanol–water partition coefficient (Wildman–Crippen LogP) is 2.27. The van der Waals surface area contributed by atoms with Crippen LogP contribution >= 0.6 is 11.6 Å². The first-order chi connectivity index (χ1) is 8.56. The molecule has 5 nitrogen and oxygen atoms in total. The van der Waals surface area contributed by atoms with Gasteiger partial charge in [0.05, 0.1) is 5.56 Å². The van der Waals surface area contributed by atoms with Crippen LogP contribution < -0.4 is 11.1 Å². The van der Waals surface area contributed by atoms with E-state index < -0.39 is 0 Å². The molecule has 0 atom stereocenters. The van der Waals surface area contributed by atoms with E-state index in [1.54, 1.807) is 18.2 Å². The minimum absolute atomic E-state index is 0.0741. The molecule has 0 aliphatic rings. The number of aryl methyl sites for hydroxylation is 1. The highest BCUT2D eigenvalue weighted by Gasteiger charge is 2.11. The average Bonchev–Trinajstić information content (AvgIpc) is 2.32. The fourth-order valence-corrected chi connectivity index (χ4v) is 1.60. The molecule has 0 aliphatic heterocycles. The first-order valence-electron chi connectivity index (χ1n) is 5.22. The van der Waals surface area contributed by atoms with Gasteiger partial charge in [-0.3, -0.25) is 4.79 Å². The number of carbonyl (C=O) groups is 1. The lowest BCUT2D eigenvalue weighted by atomic mass is 10.1. The van der Waals surface area contributed by atoms with Crippen LogP contribution in [-0.2, 0) is 0 Å². The number of nitrogens with two attached hydrogens (primary N) is 1. The fraction of sp³-hybridized carbons (Fsp3) is 0.0833. The summed E-state index contributed by atoms with van der Waals surface area (Å²) in [5.41, 5.74) is 7.53. The zero-order valence-corrected chi connectivity index (χ0v) is 10.4. The molecule has 6 heteroatoms. The van der Waals surface area contributed by atoms with Crippen LogP contribution in [0.4, 0.5) is 11.5 Å². The van der Waals surface area contributed by atoms with Gasteiger partial charge in [-0.05, 0) is 36.7 Å². The van der Waals surface area contributed by atoms with Crippen LogP contribution in [0.1, 0.15) is 15.9 Å². The van der Waals surface area contributed by atoms with Crippen molar-refractivity contribution >= 4 is 29.0 Å². The van der Waals surface area contributed by atoms with E-state index in [4.69, 9.17) is 17.3 Å². The topological polar surface area (TPSA) is 80.9 Å². The number of benzene rings is 1. The summed E-state index contributed by atoms with van der Waals surface area (Å²) in [5.74, 6) is 0.00636. The van der Waals surface area contributed by atoms with Crippen molar-refractivity contribution in [2.24, 2.45) is 0 Å². The summed E-state index contributed by atoms with van der Waals surface area (Å²) in [7, 11) is 0. The molecule has 92 valence electrons. The Balaban J connectivity index is 2.24. The highest BCUT2D eigenvalue weighted by molar-refractivity contribution is 6.28. The van der Waals surface area contributed by atoms with Crippen LogP contribution in [0.25, 0.3) is 0 Å². The van der Waals surface area contributed by atoms with Crippen LogP contribution in [0.3, 0.4) is 0 Å². The van der Waals surface area contributed by atoms with Crippen molar-refractivity contribution in [3.63, 3.8) is 0 Å². The smallest absolute Gasteiger partial charge is 0.258 e. The number of nitrogen functional groups attached to an aromatic ring is 1. The molecule has 1 aromatic heterocycles. The van der Waals surface area contributed by atoms with Gasteiger partial charge < -0.3 is 11.1 Å². The fourth-order valence-electron chi connectivity index (χ4n) is 1.45. The molecule has 0 unspecified atom stereocenters. The number of halogens is 1. The van der Waals surface area contributed by atoms with E-state index >= 15 is 0 Å².